The minimum absolute atomic E-state index is 0.0752. The Bertz CT molecular complexity index is 465. The van der Waals surface area contributed by atoms with Crippen molar-refractivity contribution in [3.05, 3.63) is 71.8 Å². The van der Waals surface area contributed by atoms with Gasteiger partial charge in [-0.2, -0.15) is 0 Å². The maximum absolute atomic E-state index is 11.8. The van der Waals surface area contributed by atoms with Crippen molar-refractivity contribution in [3.8, 4) is 0 Å². The molecule has 0 bridgehead atoms. The van der Waals surface area contributed by atoms with Gasteiger partial charge in [-0.3, -0.25) is 9.59 Å². The molecule has 0 fully saturated rings. The number of benzene rings is 2. The molecule has 3 nitrogen and oxygen atoms in total. The number of amides is 1. The van der Waals surface area contributed by atoms with Gasteiger partial charge in [0.2, 0.25) is 6.41 Å². The molecular weight excluding hydrogens is 238 g/mol. The molecule has 0 aliphatic rings. The molecule has 0 N–H and O–H groups in total. The van der Waals surface area contributed by atoms with E-state index in [0.29, 0.717) is 0 Å². The van der Waals surface area contributed by atoms with Gasteiger partial charge >= 0.3 is 0 Å². The van der Waals surface area contributed by atoms with E-state index in [0.717, 1.165) is 17.5 Å². The molecule has 0 aliphatic heterocycles. The maximum atomic E-state index is 11.8. The second-order valence-corrected chi connectivity index (χ2v) is 4.13. The van der Waals surface area contributed by atoms with E-state index in [-0.39, 0.29) is 5.78 Å². The van der Waals surface area contributed by atoms with Crippen molar-refractivity contribution in [2.45, 2.75) is 0 Å². The zero-order chi connectivity index (χ0) is 14.1. The molecule has 19 heavy (non-hydrogen) atoms. The Labute approximate surface area is 113 Å². The second-order valence-electron chi connectivity index (χ2n) is 4.13. The molecule has 0 radical (unpaired) electrons. The summed E-state index contributed by atoms with van der Waals surface area (Å²) >= 11 is 0. The molecule has 2 aromatic rings. The van der Waals surface area contributed by atoms with Crippen molar-refractivity contribution in [1.29, 1.82) is 0 Å². The first-order valence-corrected chi connectivity index (χ1v) is 5.91. The van der Waals surface area contributed by atoms with Crippen LogP contribution in [0, 0.1) is 0 Å². The second kappa shape index (κ2) is 7.82. The monoisotopic (exact) mass is 255 g/mol. The number of hydrogen-bond donors (Lipinski definition) is 0. The van der Waals surface area contributed by atoms with Crippen LogP contribution in [-0.4, -0.2) is 31.2 Å². The highest BCUT2D eigenvalue weighted by Crippen LogP contribution is 2.08. The Balaban J connectivity index is 0.000000312. The summed E-state index contributed by atoms with van der Waals surface area (Å²) in [6.07, 6.45) is 0.750. The van der Waals surface area contributed by atoms with E-state index in [9.17, 15) is 9.59 Å². The molecule has 0 saturated carbocycles. The largest absolute Gasteiger partial charge is 0.351 e. The predicted molar refractivity (Wildman–Crippen MR) is 76.1 cm³/mol. The number of carbonyl (C=O) groups is 2. The zero-order valence-corrected chi connectivity index (χ0v) is 11.1. The normalized spacial score (nSPS) is 8.95. The third-order valence-electron chi connectivity index (χ3n) is 2.28. The number of rotatable bonds is 3. The van der Waals surface area contributed by atoms with Gasteiger partial charge in [0.05, 0.1) is 0 Å². The van der Waals surface area contributed by atoms with E-state index in [2.05, 4.69) is 0 Å². The fourth-order valence-electron chi connectivity index (χ4n) is 1.35. The van der Waals surface area contributed by atoms with E-state index in [1.54, 1.807) is 14.1 Å². The lowest BCUT2D eigenvalue weighted by atomic mass is 10.0. The fourth-order valence-corrected chi connectivity index (χ4v) is 1.35. The summed E-state index contributed by atoms with van der Waals surface area (Å²) in [5.41, 5.74) is 1.47. The van der Waals surface area contributed by atoms with E-state index >= 15 is 0 Å². The van der Waals surface area contributed by atoms with Crippen molar-refractivity contribution >= 4 is 12.2 Å². The predicted octanol–water partition coefficient (Wildman–Crippen LogP) is 2.62. The van der Waals surface area contributed by atoms with Crippen molar-refractivity contribution in [2.75, 3.05) is 14.1 Å². The Morgan fingerprint density at radius 3 is 1.42 bits per heavy atom. The highest BCUT2D eigenvalue weighted by atomic mass is 16.1. The molecule has 0 aromatic heterocycles. The van der Waals surface area contributed by atoms with Crippen LogP contribution in [-0.2, 0) is 4.79 Å². The standard InChI is InChI=1S/C13H10O.C3H7NO/c14-13(11-7-3-1-4-8-11)12-9-5-2-6-10-12;1-4(2)3-5/h1-10H;3H,1-2H3. The molecular formula is C16H17NO2. The van der Waals surface area contributed by atoms with Gasteiger partial charge in [-0.25, -0.2) is 0 Å². The van der Waals surface area contributed by atoms with Crippen molar-refractivity contribution in [2.24, 2.45) is 0 Å². The van der Waals surface area contributed by atoms with Crippen LogP contribution in [0.3, 0.4) is 0 Å². The minimum Gasteiger partial charge on any atom is -0.351 e. The summed E-state index contributed by atoms with van der Waals surface area (Å²) in [7, 11) is 3.38. The topological polar surface area (TPSA) is 37.4 Å². The summed E-state index contributed by atoms with van der Waals surface area (Å²) in [6, 6.07) is 18.6. The van der Waals surface area contributed by atoms with E-state index in [1.165, 1.54) is 4.90 Å². The highest BCUT2D eigenvalue weighted by Gasteiger charge is 2.06. The quantitative estimate of drug-likeness (QED) is 0.624. The number of carbonyl (C=O) groups excluding carboxylic acids is 2. The van der Waals surface area contributed by atoms with E-state index in [4.69, 9.17) is 0 Å². The molecule has 2 rings (SSSR count). The number of ketones is 1. The van der Waals surface area contributed by atoms with Gasteiger partial charge in [0.1, 0.15) is 0 Å². The summed E-state index contributed by atoms with van der Waals surface area (Å²) in [4.78, 5) is 22.7. The number of nitrogens with zero attached hydrogens (tertiary/aromatic N) is 1. The molecule has 0 saturated heterocycles. The van der Waals surface area contributed by atoms with E-state index in [1.807, 2.05) is 60.7 Å². The van der Waals surface area contributed by atoms with Gasteiger partial charge < -0.3 is 4.90 Å². The fraction of sp³-hybridized carbons (Fsp3) is 0.125. The van der Waals surface area contributed by atoms with Gasteiger partial charge in [-0.05, 0) is 0 Å². The average molecular weight is 255 g/mol. The lowest BCUT2D eigenvalue weighted by Crippen LogP contribution is -2.06. The van der Waals surface area contributed by atoms with E-state index < -0.39 is 0 Å². The number of hydrogen-bond acceptors (Lipinski definition) is 2. The first-order valence-electron chi connectivity index (χ1n) is 5.91. The van der Waals surface area contributed by atoms with Crippen molar-refractivity contribution in [3.63, 3.8) is 0 Å². The minimum atomic E-state index is 0.0752. The lowest BCUT2D eigenvalue weighted by molar-refractivity contribution is -0.115. The van der Waals surface area contributed by atoms with Crippen LogP contribution in [0.1, 0.15) is 15.9 Å². The molecule has 1 amide bonds. The van der Waals surface area contributed by atoms with Crippen LogP contribution in [0.2, 0.25) is 0 Å². The first-order chi connectivity index (χ1) is 9.15. The summed E-state index contributed by atoms with van der Waals surface area (Å²) in [5.74, 6) is 0.0752. The third kappa shape index (κ3) is 5.17. The molecule has 0 aliphatic carbocycles. The molecule has 0 unspecified atom stereocenters. The Hall–Kier alpha value is -2.42. The maximum Gasteiger partial charge on any atom is 0.209 e. The molecule has 0 heterocycles. The SMILES string of the molecule is CN(C)C=O.O=C(c1ccccc1)c1ccccc1. The van der Waals surface area contributed by atoms with Crippen LogP contribution in [0.5, 0.6) is 0 Å². The average Bonchev–Trinajstić information content (AvgIpc) is 2.49. The molecule has 0 spiro atoms. The molecule has 2 aromatic carbocycles. The first kappa shape index (κ1) is 14.6. The van der Waals surface area contributed by atoms with Gasteiger partial charge in [0.15, 0.2) is 5.78 Å². The van der Waals surface area contributed by atoms with Crippen LogP contribution < -0.4 is 0 Å². The van der Waals surface area contributed by atoms with Crippen LogP contribution >= 0.6 is 0 Å². The third-order valence-corrected chi connectivity index (χ3v) is 2.28. The van der Waals surface area contributed by atoms with Crippen LogP contribution in [0.15, 0.2) is 60.7 Å². The molecule has 98 valence electrons. The molecule has 0 atom stereocenters. The Morgan fingerprint density at radius 1 is 0.842 bits per heavy atom. The Morgan fingerprint density at radius 2 is 1.16 bits per heavy atom. The van der Waals surface area contributed by atoms with Crippen LogP contribution in [0.25, 0.3) is 0 Å². The highest BCUT2D eigenvalue weighted by molar-refractivity contribution is 6.08. The van der Waals surface area contributed by atoms with Gasteiger partial charge in [0.25, 0.3) is 0 Å². The van der Waals surface area contributed by atoms with Crippen LogP contribution in [0.4, 0.5) is 0 Å². The Kier molecular flexibility index (Phi) is 6.03. The lowest BCUT2D eigenvalue weighted by Gasteiger charge is -1.99. The zero-order valence-electron chi connectivity index (χ0n) is 11.1. The molecule has 3 heteroatoms. The van der Waals surface area contributed by atoms with Crippen molar-refractivity contribution < 1.29 is 9.59 Å². The summed E-state index contributed by atoms with van der Waals surface area (Å²) in [5, 5.41) is 0. The van der Waals surface area contributed by atoms with Crippen molar-refractivity contribution in [1.82, 2.24) is 4.90 Å². The summed E-state index contributed by atoms with van der Waals surface area (Å²) < 4.78 is 0. The summed E-state index contributed by atoms with van der Waals surface area (Å²) in [6.45, 7) is 0. The smallest absolute Gasteiger partial charge is 0.209 e. The van der Waals surface area contributed by atoms with Gasteiger partial charge in [0, 0.05) is 25.2 Å². The van der Waals surface area contributed by atoms with Gasteiger partial charge in [-0.15, -0.1) is 0 Å². The van der Waals surface area contributed by atoms with Gasteiger partial charge in [-0.1, -0.05) is 60.7 Å².